The van der Waals surface area contributed by atoms with E-state index >= 15 is 0 Å². The number of alkyl carbamates (subject to hydrolysis) is 1. The summed E-state index contributed by atoms with van der Waals surface area (Å²) in [5.74, 6) is 0.374. The van der Waals surface area contributed by atoms with Gasteiger partial charge in [0.05, 0.1) is 0 Å². The van der Waals surface area contributed by atoms with E-state index < -0.39 is 23.6 Å². The number of amides is 3. The van der Waals surface area contributed by atoms with Crippen molar-refractivity contribution in [3.63, 3.8) is 0 Å². The summed E-state index contributed by atoms with van der Waals surface area (Å²) in [7, 11) is 0. The average Bonchev–Trinajstić information content (AvgIpc) is 2.77. The molecule has 4 N–H and O–H groups in total. The van der Waals surface area contributed by atoms with Crippen LogP contribution in [0.3, 0.4) is 0 Å². The van der Waals surface area contributed by atoms with Crippen molar-refractivity contribution in [1.82, 2.24) is 21.5 Å². The summed E-state index contributed by atoms with van der Waals surface area (Å²) >= 11 is 1.56. The molecule has 0 fully saturated rings. The number of thioether (sulfide) groups is 1. The third-order valence-electron chi connectivity index (χ3n) is 4.52. The zero-order chi connectivity index (χ0) is 24.9. The SMILES string of the molecule is CC(C)=CCC/C(C)=C/CC/C1=C/CSC[C@H](NC(=O)CNC(=O)OC(C)(C)C)C(=O)NN1. The zero-order valence-electron chi connectivity index (χ0n) is 20.8. The molecule has 0 aromatic heterocycles. The van der Waals surface area contributed by atoms with E-state index in [0.717, 1.165) is 37.1 Å². The monoisotopic (exact) mass is 480 g/mol. The van der Waals surface area contributed by atoms with Gasteiger partial charge in [-0.2, -0.15) is 11.8 Å². The Balaban J connectivity index is 2.45. The van der Waals surface area contributed by atoms with Crippen LogP contribution in [0.4, 0.5) is 4.79 Å². The molecule has 1 rings (SSSR count). The minimum absolute atomic E-state index is 0.264. The van der Waals surface area contributed by atoms with Gasteiger partial charge in [-0.3, -0.25) is 15.0 Å². The summed E-state index contributed by atoms with van der Waals surface area (Å²) in [6.07, 6.45) is 9.65. The van der Waals surface area contributed by atoms with Gasteiger partial charge < -0.3 is 20.8 Å². The Hall–Kier alpha value is -2.42. The largest absolute Gasteiger partial charge is 0.444 e. The van der Waals surface area contributed by atoms with Gasteiger partial charge in [0.1, 0.15) is 18.2 Å². The van der Waals surface area contributed by atoms with Crippen LogP contribution in [0.5, 0.6) is 0 Å². The fourth-order valence-corrected chi connectivity index (χ4v) is 3.78. The highest BCUT2D eigenvalue weighted by atomic mass is 32.2. The predicted molar refractivity (Wildman–Crippen MR) is 135 cm³/mol. The second-order valence-corrected chi connectivity index (χ2v) is 10.3. The fourth-order valence-electron chi connectivity index (χ4n) is 2.85. The summed E-state index contributed by atoms with van der Waals surface area (Å²) in [5, 5.41) is 5.06. The zero-order valence-corrected chi connectivity index (χ0v) is 21.6. The van der Waals surface area contributed by atoms with Crippen molar-refractivity contribution in [2.24, 2.45) is 0 Å². The van der Waals surface area contributed by atoms with Gasteiger partial charge in [-0.25, -0.2) is 4.79 Å². The van der Waals surface area contributed by atoms with Crippen LogP contribution in [0.2, 0.25) is 0 Å². The van der Waals surface area contributed by atoms with Crippen LogP contribution in [-0.2, 0) is 14.3 Å². The molecular weight excluding hydrogens is 440 g/mol. The third-order valence-corrected chi connectivity index (χ3v) is 5.49. The van der Waals surface area contributed by atoms with Crippen LogP contribution in [-0.4, -0.2) is 47.6 Å². The number of allylic oxidation sites excluding steroid dienone is 5. The van der Waals surface area contributed by atoms with E-state index in [9.17, 15) is 14.4 Å². The fraction of sp³-hybridized carbons (Fsp3) is 0.625. The van der Waals surface area contributed by atoms with Crippen molar-refractivity contribution >= 4 is 29.7 Å². The average molecular weight is 481 g/mol. The highest BCUT2D eigenvalue weighted by molar-refractivity contribution is 7.99. The molecule has 1 aliphatic rings. The molecule has 0 saturated carbocycles. The number of carbonyl (C=O) groups is 3. The molecule has 1 atom stereocenters. The lowest BCUT2D eigenvalue weighted by atomic mass is 10.1. The topological polar surface area (TPSA) is 109 Å². The number of rotatable bonds is 9. The Bertz CT molecular complexity index is 765. The highest BCUT2D eigenvalue weighted by Gasteiger charge is 2.23. The van der Waals surface area contributed by atoms with Gasteiger partial charge in [-0.05, 0) is 67.2 Å². The van der Waals surface area contributed by atoms with Gasteiger partial charge in [0, 0.05) is 17.2 Å². The van der Waals surface area contributed by atoms with Gasteiger partial charge in [-0.15, -0.1) is 0 Å². The van der Waals surface area contributed by atoms with Crippen LogP contribution in [0.1, 0.15) is 67.2 Å². The lowest BCUT2D eigenvalue weighted by molar-refractivity contribution is -0.128. The van der Waals surface area contributed by atoms with Gasteiger partial charge >= 0.3 is 6.09 Å². The molecule has 0 aromatic rings. The van der Waals surface area contributed by atoms with Crippen molar-refractivity contribution in [3.8, 4) is 0 Å². The minimum Gasteiger partial charge on any atom is -0.444 e. The summed E-state index contributed by atoms with van der Waals surface area (Å²) in [6.45, 7) is 11.3. The Kier molecular flexibility index (Phi) is 12.7. The van der Waals surface area contributed by atoms with Crippen molar-refractivity contribution in [2.75, 3.05) is 18.1 Å². The van der Waals surface area contributed by atoms with Crippen LogP contribution in [0, 0.1) is 0 Å². The maximum absolute atomic E-state index is 12.5. The van der Waals surface area contributed by atoms with E-state index in [2.05, 4.69) is 60.5 Å². The van der Waals surface area contributed by atoms with E-state index in [1.165, 1.54) is 11.1 Å². The van der Waals surface area contributed by atoms with Crippen molar-refractivity contribution in [1.29, 1.82) is 0 Å². The number of nitrogens with one attached hydrogen (secondary N) is 4. The molecule has 0 saturated heterocycles. The first-order valence-corrected chi connectivity index (χ1v) is 12.5. The Morgan fingerprint density at radius 2 is 1.91 bits per heavy atom. The maximum atomic E-state index is 12.5. The van der Waals surface area contributed by atoms with E-state index in [4.69, 9.17) is 4.74 Å². The van der Waals surface area contributed by atoms with Crippen molar-refractivity contribution < 1.29 is 19.1 Å². The van der Waals surface area contributed by atoms with Gasteiger partial charge in [0.15, 0.2) is 0 Å². The lowest BCUT2D eigenvalue weighted by Gasteiger charge is -2.20. The van der Waals surface area contributed by atoms with Crippen LogP contribution < -0.4 is 21.5 Å². The Morgan fingerprint density at radius 1 is 1.18 bits per heavy atom. The quantitative estimate of drug-likeness (QED) is 0.375. The highest BCUT2D eigenvalue weighted by Crippen LogP contribution is 2.13. The first-order chi connectivity index (χ1) is 15.5. The molecule has 33 heavy (non-hydrogen) atoms. The second-order valence-electron chi connectivity index (χ2n) is 9.27. The van der Waals surface area contributed by atoms with E-state index in [1.807, 2.05) is 0 Å². The molecule has 0 spiro atoms. The molecule has 9 heteroatoms. The maximum Gasteiger partial charge on any atom is 0.408 e. The van der Waals surface area contributed by atoms with Crippen LogP contribution in [0.25, 0.3) is 0 Å². The Morgan fingerprint density at radius 3 is 2.58 bits per heavy atom. The number of hydrogen-bond acceptors (Lipinski definition) is 6. The molecule has 0 aliphatic carbocycles. The van der Waals surface area contributed by atoms with Gasteiger partial charge in [0.2, 0.25) is 5.91 Å². The number of carbonyl (C=O) groups excluding carboxylic acids is 3. The van der Waals surface area contributed by atoms with Crippen molar-refractivity contribution in [3.05, 3.63) is 35.1 Å². The predicted octanol–water partition coefficient (Wildman–Crippen LogP) is 3.72. The molecule has 3 amide bonds. The molecular formula is C24H40N4O4S. The Labute approximate surface area is 202 Å². The molecule has 0 unspecified atom stereocenters. The molecule has 1 heterocycles. The number of hydrazine groups is 1. The lowest BCUT2D eigenvalue weighted by Crippen LogP contribution is -2.53. The van der Waals surface area contributed by atoms with Crippen LogP contribution >= 0.6 is 11.8 Å². The summed E-state index contributed by atoms with van der Waals surface area (Å²) in [5.41, 5.74) is 8.67. The van der Waals surface area contributed by atoms with Gasteiger partial charge in [0.25, 0.3) is 5.91 Å². The van der Waals surface area contributed by atoms with Crippen molar-refractivity contribution in [2.45, 2.75) is 78.9 Å². The molecule has 1 aliphatic heterocycles. The van der Waals surface area contributed by atoms with E-state index in [0.29, 0.717) is 5.75 Å². The molecule has 0 bridgehead atoms. The second kappa shape index (κ2) is 14.7. The number of ether oxygens (including phenoxy) is 1. The molecule has 0 aromatic carbocycles. The first kappa shape index (κ1) is 28.6. The third kappa shape index (κ3) is 14.4. The summed E-state index contributed by atoms with van der Waals surface area (Å²) in [6, 6.07) is -0.708. The van der Waals surface area contributed by atoms with E-state index in [1.54, 1.807) is 32.5 Å². The summed E-state index contributed by atoms with van der Waals surface area (Å²) in [4.78, 5) is 36.4. The smallest absolute Gasteiger partial charge is 0.408 e. The number of hydrogen-bond donors (Lipinski definition) is 4. The van der Waals surface area contributed by atoms with E-state index in [-0.39, 0.29) is 12.5 Å². The first-order valence-electron chi connectivity index (χ1n) is 11.3. The van der Waals surface area contributed by atoms with Gasteiger partial charge in [-0.1, -0.05) is 29.4 Å². The molecule has 8 nitrogen and oxygen atoms in total. The summed E-state index contributed by atoms with van der Waals surface area (Å²) < 4.78 is 5.10. The standard InChI is InChI=1S/C24H40N4O4S/c1-17(2)9-7-10-18(3)11-8-12-19-13-14-33-16-20(22(30)28-27-19)26-21(29)15-25-23(31)32-24(4,5)6/h9,11,13,20,27H,7-8,10,12,14-16H2,1-6H3,(H,25,31)(H,26,29)(H,28,30)/b18-11+,19-13-/t20-/m0/s1. The minimum atomic E-state index is -0.708. The van der Waals surface area contributed by atoms with Crippen LogP contribution in [0.15, 0.2) is 35.1 Å². The molecule has 0 radical (unpaired) electrons. The normalized spacial score (nSPS) is 18.8. The molecule has 186 valence electrons.